The van der Waals surface area contributed by atoms with Crippen LogP contribution in [0.25, 0.3) is 11.3 Å². The molecule has 0 fully saturated rings. The number of nitroso groups, excluding NO2 is 1. The minimum absolute atomic E-state index is 0.118. The van der Waals surface area contributed by atoms with Crippen LogP contribution in [0.5, 0.6) is 5.75 Å². The highest BCUT2D eigenvalue weighted by Crippen LogP contribution is 2.28. The molecule has 1 atom stereocenters. The second-order valence-corrected chi connectivity index (χ2v) is 7.41. The molecular formula is C24H27N5O3. The second-order valence-electron chi connectivity index (χ2n) is 7.41. The van der Waals surface area contributed by atoms with E-state index in [0.717, 1.165) is 28.2 Å². The van der Waals surface area contributed by atoms with Crippen LogP contribution in [0, 0.1) is 4.91 Å². The molecular weight excluding hydrogens is 406 g/mol. The predicted octanol–water partition coefficient (Wildman–Crippen LogP) is 4.04. The molecule has 1 aromatic heterocycles. The van der Waals surface area contributed by atoms with E-state index < -0.39 is 0 Å². The van der Waals surface area contributed by atoms with Gasteiger partial charge in [0.1, 0.15) is 17.9 Å². The van der Waals surface area contributed by atoms with E-state index in [2.05, 4.69) is 32.7 Å². The Morgan fingerprint density at radius 3 is 2.59 bits per heavy atom. The number of rotatable bonds is 10. The van der Waals surface area contributed by atoms with Gasteiger partial charge in [-0.05, 0) is 29.7 Å². The lowest BCUT2D eigenvalue weighted by atomic mass is 9.98. The van der Waals surface area contributed by atoms with Gasteiger partial charge >= 0.3 is 0 Å². The second kappa shape index (κ2) is 11.0. The standard InChI is InChI=1S/C24H27N5O3/c1-16(20-9-8-19(24(30)25-2)12-22(20)32-3)14-26-23-13-21(27-15-28-23)18-6-4-17(5-7-18)10-11-29-31/h4-9,12-13,15-16H,10-11,14H2,1-3H3,(H,25,30)(H,26,27,28). The third-order valence-electron chi connectivity index (χ3n) is 5.25. The largest absolute Gasteiger partial charge is 0.496 e. The molecule has 2 N–H and O–H groups in total. The Kier molecular flexibility index (Phi) is 7.85. The molecule has 0 aliphatic rings. The highest BCUT2D eigenvalue weighted by Gasteiger charge is 2.15. The number of aromatic nitrogens is 2. The first-order chi connectivity index (χ1) is 15.5. The lowest BCUT2D eigenvalue weighted by Crippen LogP contribution is -2.18. The van der Waals surface area contributed by atoms with E-state index in [1.165, 1.54) is 6.33 Å². The molecule has 0 radical (unpaired) electrons. The van der Waals surface area contributed by atoms with Gasteiger partial charge in [-0.1, -0.05) is 42.4 Å². The topological polar surface area (TPSA) is 106 Å². The Bertz CT molecular complexity index is 1070. The molecule has 1 amide bonds. The molecule has 3 aromatic rings. The van der Waals surface area contributed by atoms with Gasteiger partial charge in [0.25, 0.3) is 5.91 Å². The molecule has 8 nitrogen and oxygen atoms in total. The molecule has 0 spiro atoms. The van der Waals surface area contributed by atoms with Crippen LogP contribution in [0.2, 0.25) is 0 Å². The number of benzene rings is 2. The summed E-state index contributed by atoms with van der Waals surface area (Å²) in [6.45, 7) is 2.99. The van der Waals surface area contributed by atoms with Crippen molar-refractivity contribution in [2.45, 2.75) is 19.3 Å². The number of nitrogens with zero attached hydrogens (tertiary/aromatic N) is 3. The molecule has 3 rings (SSSR count). The predicted molar refractivity (Wildman–Crippen MR) is 125 cm³/mol. The third kappa shape index (κ3) is 5.66. The number of methoxy groups -OCH3 is 1. The lowest BCUT2D eigenvalue weighted by Gasteiger charge is -2.17. The number of hydrogen-bond donors (Lipinski definition) is 2. The third-order valence-corrected chi connectivity index (χ3v) is 5.25. The number of hydrogen-bond acceptors (Lipinski definition) is 7. The first-order valence-electron chi connectivity index (χ1n) is 10.4. The van der Waals surface area contributed by atoms with Crippen LogP contribution in [-0.2, 0) is 6.42 Å². The van der Waals surface area contributed by atoms with Crippen molar-refractivity contribution in [1.82, 2.24) is 15.3 Å². The van der Waals surface area contributed by atoms with E-state index in [1.807, 2.05) is 36.4 Å². The molecule has 0 saturated carbocycles. The summed E-state index contributed by atoms with van der Waals surface area (Å²) in [6, 6.07) is 15.3. The van der Waals surface area contributed by atoms with Crippen LogP contribution in [0.4, 0.5) is 5.82 Å². The summed E-state index contributed by atoms with van der Waals surface area (Å²) in [6.07, 6.45) is 2.16. The average molecular weight is 434 g/mol. The molecule has 8 heteroatoms. The van der Waals surface area contributed by atoms with Crippen molar-refractivity contribution in [3.05, 3.63) is 76.5 Å². The zero-order valence-electron chi connectivity index (χ0n) is 18.5. The van der Waals surface area contributed by atoms with Crippen molar-refractivity contribution >= 4 is 11.7 Å². The molecule has 0 aliphatic carbocycles. The summed E-state index contributed by atoms with van der Waals surface area (Å²) in [5.74, 6) is 1.36. The monoisotopic (exact) mass is 433 g/mol. The zero-order valence-corrected chi connectivity index (χ0v) is 18.5. The van der Waals surface area contributed by atoms with E-state index in [0.29, 0.717) is 24.3 Å². The summed E-state index contributed by atoms with van der Waals surface area (Å²) >= 11 is 0. The molecule has 0 bridgehead atoms. The van der Waals surface area contributed by atoms with Crippen molar-refractivity contribution in [2.24, 2.45) is 5.18 Å². The minimum atomic E-state index is -0.150. The highest BCUT2D eigenvalue weighted by atomic mass is 16.5. The zero-order chi connectivity index (χ0) is 22.9. The van der Waals surface area contributed by atoms with Crippen LogP contribution in [0.3, 0.4) is 0 Å². The first kappa shape index (κ1) is 22.9. The normalized spacial score (nSPS) is 11.5. The van der Waals surface area contributed by atoms with Crippen molar-refractivity contribution in [3.8, 4) is 17.0 Å². The number of amides is 1. The summed E-state index contributed by atoms with van der Waals surface area (Å²) in [7, 11) is 3.20. The van der Waals surface area contributed by atoms with Gasteiger partial charge in [0.05, 0.1) is 19.3 Å². The Balaban J connectivity index is 1.68. The quantitative estimate of drug-likeness (QED) is 0.468. The summed E-state index contributed by atoms with van der Waals surface area (Å²) in [5.41, 5.74) is 4.40. The molecule has 166 valence electrons. The SMILES string of the molecule is CNC(=O)c1ccc(C(C)CNc2cc(-c3ccc(CCN=O)cc3)ncn2)c(OC)c1. The number of anilines is 1. The van der Waals surface area contributed by atoms with Crippen molar-refractivity contribution in [3.63, 3.8) is 0 Å². The van der Waals surface area contributed by atoms with Gasteiger partial charge in [-0.2, -0.15) is 4.91 Å². The lowest BCUT2D eigenvalue weighted by molar-refractivity contribution is 0.0962. The van der Waals surface area contributed by atoms with E-state index in [9.17, 15) is 9.70 Å². The number of carbonyl (C=O) groups is 1. The van der Waals surface area contributed by atoms with E-state index in [-0.39, 0.29) is 18.4 Å². The molecule has 1 heterocycles. The maximum Gasteiger partial charge on any atom is 0.251 e. The highest BCUT2D eigenvalue weighted by molar-refractivity contribution is 5.94. The molecule has 2 aromatic carbocycles. The Morgan fingerprint density at radius 1 is 1.12 bits per heavy atom. The van der Waals surface area contributed by atoms with Crippen molar-refractivity contribution in [1.29, 1.82) is 0 Å². The Hall–Kier alpha value is -3.81. The van der Waals surface area contributed by atoms with Gasteiger partial charge < -0.3 is 15.4 Å². The summed E-state index contributed by atoms with van der Waals surface area (Å²) in [5, 5.41) is 8.88. The summed E-state index contributed by atoms with van der Waals surface area (Å²) in [4.78, 5) is 30.9. The molecule has 32 heavy (non-hydrogen) atoms. The maximum absolute atomic E-state index is 11.9. The maximum atomic E-state index is 11.9. The van der Waals surface area contributed by atoms with E-state index >= 15 is 0 Å². The number of carbonyl (C=O) groups excluding carboxylic acids is 1. The van der Waals surface area contributed by atoms with Crippen molar-refractivity contribution in [2.75, 3.05) is 32.6 Å². The average Bonchev–Trinajstić information content (AvgIpc) is 2.85. The van der Waals surface area contributed by atoms with Gasteiger partial charge in [-0.15, -0.1) is 0 Å². The van der Waals surface area contributed by atoms with Crippen LogP contribution >= 0.6 is 0 Å². The van der Waals surface area contributed by atoms with Gasteiger partial charge in [-0.25, -0.2) is 9.97 Å². The van der Waals surface area contributed by atoms with Crippen LogP contribution in [0.15, 0.2) is 60.0 Å². The fourth-order valence-corrected chi connectivity index (χ4v) is 3.40. The summed E-state index contributed by atoms with van der Waals surface area (Å²) < 4.78 is 5.51. The van der Waals surface area contributed by atoms with Gasteiger partial charge in [0.15, 0.2) is 0 Å². The van der Waals surface area contributed by atoms with Crippen LogP contribution in [0.1, 0.15) is 34.3 Å². The molecule has 0 saturated heterocycles. The smallest absolute Gasteiger partial charge is 0.251 e. The van der Waals surface area contributed by atoms with Crippen molar-refractivity contribution < 1.29 is 9.53 Å². The fourth-order valence-electron chi connectivity index (χ4n) is 3.40. The van der Waals surface area contributed by atoms with E-state index in [1.54, 1.807) is 26.3 Å². The minimum Gasteiger partial charge on any atom is -0.496 e. The Morgan fingerprint density at radius 2 is 1.91 bits per heavy atom. The van der Waals surface area contributed by atoms with Gasteiger partial charge in [0, 0.05) is 36.7 Å². The molecule has 0 aliphatic heterocycles. The van der Waals surface area contributed by atoms with Gasteiger partial charge in [-0.3, -0.25) is 4.79 Å². The van der Waals surface area contributed by atoms with Crippen LogP contribution < -0.4 is 15.4 Å². The molecule has 1 unspecified atom stereocenters. The number of ether oxygens (including phenoxy) is 1. The van der Waals surface area contributed by atoms with Crippen LogP contribution in [-0.4, -0.2) is 43.1 Å². The fraction of sp³-hybridized carbons (Fsp3) is 0.292. The first-order valence-corrected chi connectivity index (χ1v) is 10.4. The Labute approximate surface area is 187 Å². The van der Waals surface area contributed by atoms with E-state index in [4.69, 9.17) is 4.74 Å². The van der Waals surface area contributed by atoms with Gasteiger partial charge in [0.2, 0.25) is 0 Å². The number of nitrogens with one attached hydrogen (secondary N) is 2.